The topological polar surface area (TPSA) is 148 Å². The van der Waals surface area contributed by atoms with Gasteiger partial charge in [0.2, 0.25) is 0 Å². The number of hydrogen-bond acceptors (Lipinski definition) is 11. The van der Waals surface area contributed by atoms with Crippen LogP contribution < -0.4 is 10.1 Å². The minimum atomic E-state index is 0.372. The van der Waals surface area contributed by atoms with Crippen molar-refractivity contribution in [2.24, 2.45) is 0 Å². The van der Waals surface area contributed by atoms with Crippen molar-refractivity contribution >= 4 is 78.9 Å². The van der Waals surface area contributed by atoms with Crippen molar-refractivity contribution in [2.45, 2.75) is 13.5 Å². The number of H-pyrrole nitrogens is 2. The molecule has 2 aromatic carbocycles. The number of imidazole rings is 1. The average Bonchev–Trinajstić information content (AvgIpc) is 3.95. The van der Waals surface area contributed by atoms with Crippen LogP contribution in [0.4, 0.5) is 11.5 Å². The Hall–Kier alpha value is -5.70. The number of halogens is 1. The summed E-state index contributed by atoms with van der Waals surface area (Å²) in [6.07, 6.45) is 3.60. The Morgan fingerprint density at radius 2 is 1.61 bits per heavy atom. The number of benzene rings is 2. The Kier molecular flexibility index (Phi) is 8.17. The number of methoxy groups -OCH3 is 1. The van der Waals surface area contributed by atoms with Gasteiger partial charge in [0.05, 0.1) is 46.8 Å². The van der Waals surface area contributed by atoms with E-state index in [4.69, 9.17) is 16.3 Å². The number of rotatable bonds is 7. The molecule has 0 radical (unpaired) electrons. The van der Waals surface area contributed by atoms with Gasteiger partial charge < -0.3 is 15.0 Å². The normalized spacial score (nSPS) is 11.2. The highest BCUT2D eigenvalue weighted by Gasteiger charge is 2.14. The summed E-state index contributed by atoms with van der Waals surface area (Å²) < 4.78 is 7.00. The van der Waals surface area contributed by atoms with Gasteiger partial charge >= 0.3 is 0 Å². The first-order valence-electron chi connectivity index (χ1n) is 15.0. The number of fused-ring (bicyclic) bond motifs is 3. The number of nitrogens with zero attached hydrogens (tertiary/aromatic N) is 8. The predicted octanol–water partition coefficient (Wildman–Crippen LogP) is 8.27. The van der Waals surface area contributed by atoms with Crippen molar-refractivity contribution in [1.82, 2.24) is 49.9 Å². The molecule has 49 heavy (non-hydrogen) atoms. The number of nitrogens with one attached hydrogen (secondary N) is 3. The van der Waals surface area contributed by atoms with Crippen LogP contribution in [0.5, 0.6) is 5.75 Å². The molecule has 9 rings (SSSR count). The first kappa shape index (κ1) is 30.6. The van der Waals surface area contributed by atoms with E-state index in [1.54, 1.807) is 36.0 Å². The Bertz CT molecular complexity index is 2520. The van der Waals surface area contributed by atoms with Gasteiger partial charge in [-0.2, -0.15) is 10.2 Å². The van der Waals surface area contributed by atoms with Gasteiger partial charge in [0.25, 0.3) is 0 Å². The molecular weight excluding hydrogens is 678 g/mol. The van der Waals surface area contributed by atoms with Gasteiger partial charge in [-0.1, -0.05) is 35.9 Å². The second kappa shape index (κ2) is 13.1. The van der Waals surface area contributed by atoms with Crippen molar-refractivity contribution in [3.63, 3.8) is 0 Å². The van der Waals surface area contributed by atoms with Gasteiger partial charge in [0.1, 0.15) is 33.6 Å². The van der Waals surface area contributed by atoms with E-state index in [0.717, 1.165) is 60.2 Å². The number of thiophene rings is 2. The Balaban J connectivity index is 0.000000142. The quantitative estimate of drug-likeness (QED) is 0.139. The molecule has 242 valence electrons. The summed E-state index contributed by atoms with van der Waals surface area (Å²) in [6.45, 7) is 2.57. The second-order valence-electron chi connectivity index (χ2n) is 10.9. The predicted molar refractivity (Wildman–Crippen MR) is 195 cm³/mol. The maximum atomic E-state index is 6.30. The Labute approximate surface area is 291 Å². The Morgan fingerprint density at radius 1 is 0.857 bits per heavy atom. The summed E-state index contributed by atoms with van der Waals surface area (Å²) in [7, 11) is 1.65. The summed E-state index contributed by atoms with van der Waals surface area (Å²) in [5, 5.41) is 19.3. The highest BCUT2D eigenvalue weighted by molar-refractivity contribution is 7.13. The van der Waals surface area contributed by atoms with Crippen molar-refractivity contribution in [1.29, 1.82) is 0 Å². The molecule has 0 aliphatic heterocycles. The lowest BCUT2D eigenvalue weighted by atomic mass is 10.2. The van der Waals surface area contributed by atoms with Crippen LogP contribution in [-0.2, 0) is 6.54 Å². The second-order valence-corrected chi connectivity index (χ2v) is 13.2. The lowest BCUT2D eigenvalue weighted by Gasteiger charge is -2.08. The van der Waals surface area contributed by atoms with E-state index in [0.29, 0.717) is 34.7 Å². The molecule has 12 nitrogen and oxygen atoms in total. The van der Waals surface area contributed by atoms with Gasteiger partial charge in [-0.25, -0.2) is 24.9 Å². The van der Waals surface area contributed by atoms with Crippen LogP contribution >= 0.6 is 34.3 Å². The molecule has 0 aliphatic rings. The third-order valence-corrected chi connectivity index (χ3v) is 9.51. The minimum absolute atomic E-state index is 0.372. The number of aromatic nitrogens is 10. The molecule has 0 saturated heterocycles. The fraction of sp³-hybridized carbons (Fsp3) is 0.0882. The van der Waals surface area contributed by atoms with E-state index in [1.165, 1.54) is 0 Å². The number of ether oxygens (including phenoxy) is 1. The first-order chi connectivity index (χ1) is 24.0. The maximum absolute atomic E-state index is 6.30. The largest absolute Gasteiger partial charge is 0.497 e. The summed E-state index contributed by atoms with van der Waals surface area (Å²) in [6, 6.07) is 21.8. The van der Waals surface area contributed by atoms with Gasteiger partial charge in [-0.3, -0.25) is 9.78 Å². The lowest BCUT2D eigenvalue weighted by Crippen LogP contribution is -1.99. The van der Waals surface area contributed by atoms with E-state index in [-0.39, 0.29) is 0 Å². The van der Waals surface area contributed by atoms with Crippen molar-refractivity contribution < 1.29 is 4.74 Å². The van der Waals surface area contributed by atoms with Crippen LogP contribution in [0, 0.1) is 6.92 Å². The molecule has 0 fully saturated rings. The zero-order valence-corrected chi connectivity index (χ0v) is 28.4. The third-order valence-electron chi connectivity index (χ3n) is 7.52. The zero-order chi connectivity index (χ0) is 33.3. The average molecular weight is 704 g/mol. The van der Waals surface area contributed by atoms with E-state index < -0.39 is 0 Å². The van der Waals surface area contributed by atoms with Crippen molar-refractivity contribution in [3.05, 3.63) is 106 Å². The van der Waals surface area contributed by atoms with E-state index in [1.807, 2.05) is 95.3 Å². The molecule has 7 aromatic heterocycles. The van der Waals surface area contributed by atoms with Gasteiger partial charge in [-0.15, -0.1) is 22.7 Å². The summed E-state index contributed by atoms with van der Waals surface area (Å²) in [5.74, 6) is 3.74. The number of hydrogen-bond donors (Lipinski definition) is 3. The molecule has 0 aliphatic carbocycles. The number of aryl methyl sites for hydroxylation is 1. The van der Waals surface area contributed by atoms with Crippen LogP contribution in [0.3, 0.4) is 0 Å². The lowest BCUT2D eigenvalue weighted by molar-refractivity contribution is 0.414. The monoisotopic (exact) mass is 703 g/mol. The molecule has 15 heteroatoms. The molecule has 7 heterocycles. The fourth-order valence-electron chi connectivity index (χ4n) is 5.24. The smallest absolute Gasteiger partial charge is 0.172 e. The van der Waals surface area contributed by atoms with Gasteiger partial charge in [-0.05, 0) is 65.7 Å². The number of anilines is 2. The highest BCUT2D eigenvalue weighted by Crippen LogP contribution is 2.29. The summed E-state index contributed by atoms with van der Waals surface area (Å²) in [4.78, 5) is 27.9. The van der Waals surface area contributed by atoms with Gasteiger partial charge in [0, 0.05) is 5.69 Å². The highest BCUT2D eigenvalue weighted by atomic mass is 35.5. The first-order valence-corrected chi connectivity index (χ1v) is 17.2. The molecule has 0 amide bonds. The third kappa shape index (κ3) is 6.44. The molecule has 0 spiro atoms. The molecular formula is C34H26ClN11OS2. The Morgan fingerprint density at radius 3 is 2.35 bits per heavy atom. The number of aromatic amines is 2. The molecule has 0 bridgehead atoms. The molecule has 0 saturated carbocycles. The summed E-state index contributed by atoms with van der Waals surface area (Å²) >= 11 is 9.49. The van der Waals surface area contributed by atoms with Crippen LogP contribution in [0.25, 0.3) is 54.5 Å². The van der Waals surface area contributed by atoms with Crippen molar-refractivity contribution in [2.75, 3.05) is 12.4 Å². The fourth-order valence-corrected chi connectivity index (χ4v) is 6.77. The van der Waals surface area contributed by atoms with Crippen LogP contribution in [0.15, 0.2) is 89.9 Å². The van der Waals surface area contributed by atoms with Gasteiger partial charge in [0.15, 0.2) is 22.6 Å². The zero-order valence-electron chi connectivity index (χ0n) is 26.0. The SMILES string of the molecule is COc1ccc(Cn2cc3nc(-c4cccs4)nc(Cl)c3n2)cc1.Cc1nc2ccc(Nc3nc(-c4cccs4)nc4cn[nH]c34)cc2[nH]1. The van der Waals surface area contributed by atoms with E-state index >= 15 is 0 Å². The van der Waals surface area contributed by atoms with E-state index in [9.17, 15) is 0 Å². The van der Waals surface area contributed by atoms with E-state index in [2.05, 4.69) is 50.5 Å². The van der Waals surface area contributed by atoms with Crippen LogP contribution in [-0.4, -0.2) is 57.0 Å². The minimum Gasteiger partial charge on any atom is -0.497 e. The molecule has 3 N–H and O–H groups in total. The standard InChI is InChI=1S/C17H13ClN4OS.C17H13N7S/c1-23-12-6-4-11(5-7-12)9-22-10-13-15(21-22)16(18)20-17(19-13)14-3-2-8-24-14;1-9-19-11-5-4-10(7-12(11)20-9)21-17-15-13(8-18-24-15)22-16(23-17)14-3-2-6-25-14/h2-8,10H,9H2,1H3;2-8H,1H3,(H,18,24)(H,19,20)(H,21,22,23). The van der Waals surface area contributed by atoms with Crippen LogP contribution in [0.1, 0.15) is 11.4 Å². The summed E-state index contributed by atoms with van der Waals surface area (Å²) in [5.41, 5.74) is 6.87. The van der Waals surface area contributed by atoms with Crippen molar-refractivity contribution in [3.8, 4) is 27.2 Å². The molecule has 0 unspecified atom stereocenters. The maximum Gasteiger partial charge on any atom is 0.172 e. The molecule has 0 atom stereocenters. The molecule has 9 aromatic rings. The van der Waals surface area contributed by atoms with Crippen LogP contribution in [0.2, 0.25) is 5.15 Å².